The molecule has 1 aromatic heterocycles. The molecular formula is C13H7ClF2N2O. The molecule has 0 unspecified atom stereocenters. The highest BCUT2D eigenvalue weighted by Gasteiger charge is 2.25. The quantitative estimate of drug-likeness (QED) is 0.873. The fourth-order valence-corrected chi connectivity index (χ4v) is 2.35. The number of amides is 1. The second kappa shape index (κ2) is 4.28. The van der Waals surface area contributed by atoms with Gasteiger partial charge in [0.2, 0.25) is 0 Å². The molecular weight excluding hydrogens is 274 g/mol. The molecule has 19 heavy (non-hydrogen) atoms. The van der Waals surface area contributed by atoms with Gasteiger partial charge in [0.15, 0.2) is 0 Å². The molecule has 1 N–H and O–H groups in total. The zero-order chi connectivity index (χ0) is 13.6. The largest absolute Gasteiger partial charge is 0.346 e. The Balaban J connectivity index is 2.23. The summed E-state index contributed by atoms with van der Waals surface area (Å²) in [5.41, 5.74) is 0.500. The molecule has 0 saturated heterocycles. The van der Waals surface area contributed by atoms with Crippen molar-refractivity contribution in [3.63, 3.8) is 0 Å². The van der Waals surface area contributed by atoms with Gasteiger partial charge in [-0.25, -0.2) is 13.8 Å². The molecule has 2 heterocycles. The fraction of sp³-hybridized carbons (Fsp3) is 0.0769. The molecule has 0 bridgehead atoms. The lowest BCUT2D eigenvalue weighted by Crippen LogP contribution is -2.12. The van der Waals surface area contributed by atoms with E-state index < -0.39 is 11.6 Å². The standard InChI is InChI=1S/C13H7ClF2N2O/c14-6-4-9(12-7(15)2-1-3-8(12)16)18-10-5-17-13(19)11(6)10/h1-4H,5H2,(H,17,19). The Bertz CT molecular complexity index is 683. The first-order valence-electron chi connectivity index (χ1n) is 5.50. The Hall–Kier alpha value is -2.01. The van der Waals surface area contributed by atoms with Crippen molar-refractivity contribution in [3.05, 3.63) is 52.2 Å². The summed E-state index contributed by atoms with van der Waals surface area (Å²) in [5, 5.41) is 2.70. The number of hydrogen-bond acceptors (Lipinski definition) is 2. The monoisotopic (exact) mass is 280 g/mol. The van der Waals surface area contributed by atoms with Crippen molar-refractivity contribution < 1.29 is 13.6 Å². The highest BCUT2D eigenvalue weighted by molar-refractivity contribution is 6.34. The van der Waals surface area contributed by atoms with E-state index in [9.17, 15) is 13.6 Å². The Morgan fingerprint density at radius 2 is 1.89 bits per heavy atom. The van der Waals surface area contributed by atoms with Crippen LogP contribution in [0, 0.1) is 11.6 Å². The number of carbonyl (C=O) groups is 1. The zero-order valence-corrected chi connectivity index (χ0v) is 10.3. The van der Waals surface area contributed by atoms with E-state index in [-0.39, 0.29) is 34.3 Å². The van der Waals surface area contributed by atoms with E-state index >= 15 is 0 Å². The van der Waals surface area contributed by atoms with E-state index in [0.29, 0.717) is 5.69 Å². The van der Waals surface area contributed by atoms with Crippen molar-refractivity contribution in [2.45, 2.75) is 6.54 Å². The second-order valence-corrected chi connectivity index (χ2v) is 4.50. The lowest BCUT2D eigenvalue weighted by molar-refractivity contribution is 0.0966. The number of hydrogen-bond donors (Lipinski definition) is 1. The van der Waals surface area contributed by atoms with Crippen molar-refractivity contribution >= 4 is 17.5 Å². The SMILES string of the molecule is O=C1NCc2nc(-c3c(F)cccc3F)cc(Cl)c21. The third kappa shape index (κ3) is 1.86. The molecule has 0 radical (unpaired) electrons. The van der Waals surface area contributed by atoms with E-state index in [0.717, 1.165) is 12.1 Å². The Labute approximate surface area is 112 Å². The lowest BCUT2D eigenvalue weighted by Gasteiger charge is -2.07. The Morgan fingerprint density at radius 3 is 2.58 bits per heavy atom. The third-order valence-electron chi connectivity index (χ3n) is 2.91. The van der Waals surface area contributed by atoms with Gasteiger partial charge in [0.05, 0.1) is 34.1 Å². The predicted octanol–water partition coefficient (Wildman–Crippen LogP) is 2.92. The van der Waals surface area contributed by atoms with Crippen LogP contribution in [-0.2, 0) is 6.54 Å². The van der Waals surface area contributed by atoms with Crippen molar-refractivity contribution in [1.29, 1.82) is 0 Å². The van der Waals surface area contributed by atoms with E-state index in [1.807, 2.05) is 0 Å². The van der Waals surface area contributed by atoms with Crippen LogP contribution in [0.3, 0.4) is 0 Å². The molecule has 0 fully saturated rings. The first-order chi connectivity index (χ1) is 9.08. The van der Waals surface area contributed by atoms with Crippen LogP contribution in [0.25, 0.3) is 11.3 Å². The molecule has 3 nitrogen and oxygen atoms in total. The summed E-state index contributed by atoms with van der Waals surface area (Å²) in [4.78, 5) is 15.6. The number of halogens is 3. The first kappa shape index (κ1) is 12.0. The van der Waals surface area contributed by atoms with Gasteiger partial charge in [-0.15, -0.1) is 0 Å². The fourth-order valence-electron chi connectivity index (χ4n) is 2.05. The molecule has 3 rings (SSSR count). The number of pyridine rings is 1. The van der Waals surface area contributed by atoms with E-state index in [4.69, 9.17) is 11.6 Å². The first-order valence-corrected chi connectivity index (χ1v) is 5.87. The van der Waals surface area contributed by atoms with Gasteiger partial charge in [-0.2, -0.15) is 0 Å². The number of rotatable bonds is 1. The van der Waals surface area contributed by atoms with Gasteiger partial charge < -0.3 is 5.32 Å². The van der Waals surface area contributed by atoms with E-state index in [1.165, 1.54) is 12.1 Å². The number of nitrogens with one attached hydrogen (secondary N) is 1. The van der Waals surface area contributed by atoms with Crippen molar-refractivity contribution in [1.82, 2.24) is 10.3 Å². The highest BCUT2D eigenvalue weighted by atomic mass is 35.5. The summed E-state index contributed by atoms with van der Waals surface area (Å²) in [7, 11) is 0. The normalized spacial score (nSPS) is 13.3. The number of benzene rings is 1. The van der Waals surface area contributed by atoms with Crippen LogP contribution in [-0.4, -0.2) is 10.9 Å². The van der Waals surface area contributed by atoms with Crippen LogP contribution in [0.2, 0.25) is 5.02 Å². The number of aromatic nitrogens is 1. The van der Waals surface area contributed by atoms with Crippen LogP contribution >= 0.6 is 11.6 Å². The average Bonchev–Trinajstić information content (AvgIpc) is 2.71. The molecule has 2 aromatic rings. The van der Waals surface area contributed by atoms with E-state index in [1.54, 1.807) is 0 Å². The molecule has 0 atom stereocenters. The van der Waals surface area contributed by atoms with Gasteiger partial charge in [-0.3, -0.25) is 4.79 Å². The molecule has 1 aliphatic heterocycles. The Morgan fingerprint density at radius 1 is 1.21 bits per heavy atom. The lowest BCUT2D eigenvalue weighted by atomic mass is 10.1. The number of carbonyl (C=O) groups excluding carboxylic acids is 1. The minimum absolute atomic E-state index is 0.0795. The molecule has 1 aliphatic rings. The van der Waals surface area contributed by atoms with Crippen molar-refractivity contribution in [2.75, 3.05) is 0 Å². The van der Waals surface area contributed by atoms with E-state index in [2.05, 4.69) is 10.3 Å². The van der Waals surface area contributed by atoms with Crippen LogP contribution in [0.1, 0.15) is 16.1 Å². The van der Waals surface area contributed by atoms with Gasteiger partial charge in [-0.05, 0) is 18.2 Å². The minimum atomic E-state index is -0.721. The molecule has 1 amide bonds. The van der Waals surface area contributed by atoms with Crippen LogP contribution in [0.15, 0.2) is 24.3 Å². The van der Waals surface area contributed by atoms with Gasteiger partial charge in [0.25, 0.3) is 5.91 Å². The predicted molar refractivity (Wildman–Crippen MR) is 65.8 cm³/mol. The highest BCUT2D eigenvalue weighted by Crippen LogP contribution is 2.31. The Kier molecular flexibility index (Phi) is 2.71. The third-order valence-corrected chi connectivity index (χ3v) is 3.21. The van der Waals surface area contributed by atoms with Crippen molar-refractivity contribution in [2.24, 2.45) is 0 Å². The molecule has 0 spiro atoms. The average molecular weight is 281 g/mol. The van der Waals surface area contributed by atoms with Crippen LogP contribution < -0.4 is 5.32 Å². The van der Waals surface area contributed by atoms with Crippen LogP contribution in [0.4, 0.5) is 8.78 Å². The van der Waals surface area contributed by atoms with Gasteiger partial charge in [0, 0.05) is 0 Å². The van der Waals surface area contributed by atoms with Crippen LogP contribution in [0.5, 0.6) is 0 Å². The summed E-state index contributed by atoms with van der Waals surface area (Å²) < 4.78 is 27.4. The second-order valence-electron chi connectivity index (χ2n) is 4.09. The molecule has 0 aliphatic carbocycles. The summed E-state index contributed by atoms with van der Waals surface area (Å²) in [5.74, 6) is -1.77. The minimum Gasteiger partial charge on any atom is -0.346 e. The molecule has 1 aromatic carbocycles. The zero-order valence-electron chi connectivity index (χ0n) is 9.51. The van der Waals surface area contributed by atoms with Crippen molar-refractivity contribution in [3.8, 4) is 11.3 Å². The van der Waals surface area contributed by atoms with Gasteiger partial charge in [0.1, 0.15) is 11.6 Å². The summed E-state index contributed by atoms with van der Waals surface area (Å²) in [6.07, 6.45) is 0. The maximum absolute atomic E-state index is 13.7. The molecule has 0 saturated carbocycles. The maximum Gasteiger partial charge on any atom is 0.255 e. The number of fused-ring (bicyclic) bond motifs is 1. The number of nitrogens with zero attached hydrogens (tertiary/aromatic N) is 1. The van der Waals surface area contributed by atoms with Gasteiger partial charge >= 0.3 is 0 Å². The molecule has 6 heteroatoms. The maximum atomic E-state index is 13.7. The smallest absolute Gasteiger partial charge is 0.255 e. The van der Waals surface area contributed by atoms with Gasteiger partial charge in [-0.1, -0.05) is 17.7 Å². The summed E-state index contributed by atoms with van der Waals surface area (Å²) in [6, 6.07) is 4.86. The topological polar surface area (TPSA) is 42.0 Å². The molecule has 96 valence electrons. The summed E-state index contributed by atoms with van der Waals surface area (Å²) >= 11 is 5.98. The summed E-state index contributed by atoms with van der Waals surface area (Å²) in [6.45, 7) is 0.206.